The first-order valence-corrected chi connectivity index (χ1v) is 15.6. The molecule has 3 aromatic rings. The van der Waals surface area contributed by atoms with E-state index < -0.39 is 17.0 Å². The summed E-state index contributed by atoms with van der Waals surface area (Å²) < 4.78 is 41.2. The topological polar surface area (TPSA) is 89.5 Å². The van der Waals surface area contributed by atoms with E-state index in [1.54, 1.807) is 4.90 Å². The van der Waals surface area contributed by atoms with Crippen molar-refractivity contribution >= 4 is 17.3 Å². The molecule has 2 aliphatic rings. The number of cyclic esters (lactones) is 1. The maximum Gasteiger partial charge on any atom is 0.410 e. The zero-order valence-electron chi connectivity index (χ0n) is 24.7. The summed E-state index contributed by atoms with van der Waals surface area (Å²) in [5.74, 6) is 0.926. The van der Waals surface area contributed by atoms with Crippen molar-refractivity contribution in [2.24, 2.45) is 0 Å². The van der Waals surface area contributed by atoms with Crippen molar-refractivity contribution in [3.8, 4) is 11.5 Å². The van der Waals surface area contributed by atoms with Crippen molar-refractivity contribution in [3.63, 3.8) is 0 Å². The van der Waals surface area contributed by atoms with Gasteiger partial charge in [0.25, 0.3) is 0 Å². The van der Waals surface area contributed by atoms with E-state index in [1.807, 2.05) is 94.4 Å². The van der Waals surface area contributed by atoms with Crippen LogP contribution in [0.5, 0.6) is 11.5 Å². The van der Waals surface area contributed by atoms with Crippen LogP contribution in [0.3, 0.4) is 0 Å². The second kappa shape index (κ2) is 13.4. The number of fused-ring (bicyclic) bond motifs is 1. The maximum absolute atomic E-state index is 12.6. The van der Waals surface area contributed by atoms with Crippen molar-refractivity contribution < 1.29 is 33.0 Å². The smallest absolute Gasteiger partial charge is 0.410 e. The highest BCUT2D eigenvalue weighted by Crippen LogP contribution is 2.35. The number of ether oxygens (including phenoxy) is 5. The Hall–Kier alpha value is -3.24. The Balaban J connectivity index is 1.03. The summed E-state index contributed by atoms with van der Waals surface area (Å²) in [6.07, 6.45) is 0.0993. The van der Waals surface area contributed by atoms with E-state index in [9.17, 15) is 9.35 Å². The molecule has 3 aromatic carbocycles. The molecule has 1 unspecified atom stereocenters. The zero-order chi connectivity index (χ0) is 29.7. The van der Waals surface area contributed by atoms with Crippen molar-refractivity contribution in [1.82, 2.24) is 4.90 Å². The Morgan fingerprint density at radius 3 is 2.64 bits per heavy atom. The van der Waals surface area contributed by atoms with Gasteiger partial charge in [0, 0.05) is 26.0 Å². The molecular formula is C33H39NO7S. The number of carbonyl (C=O) groups is 1. The molecule has 8 nitrogen and oxygen atoms in total. The van der Waals surface area contributed by atoms with Crippen LogP contribution < -0.4 is 9.47 Å². The molecule has 0 N–H and O–H groups in total. The van der Waals surface area contributed by atoms with Crippen LogP contribution in [-0.2, 0) is 45.0 Å². The molecule has 224 valence electrons. The Labute approximate surface area is 251 Å². The van der Waals surface area contributed by atoms with Crippen LogP contribution in [0.2, 0.25) is 0 Å². The molecular weight excluding hydrogens is 554 g/mol. The number of rotatable bonds is 12. The number of nitrogens with zero attached hydrogens (tertiary/aromatic N) is 1. The predicted molar refractivity (Wildman–Crippen MR) is 160 cm³/mol. The van der Waals surface area contributed by atoms with Gasteiger partial charge in [-0.1, -0.05) is 30.3 Å². The van der Waals surface area contributed by atoms with Crippen molar-refractivity contribution in [1.29, 1.82) is 0 Å². The minimum atomic E-state index is -1.01. The fraction of sp³-hybridized carbons (Fsp3) is 0.424. The van der Waals surface area contributed by atoms with E-state index in [-0.39, 0.29) is 17.4 Å². The van der Waals surface area contributed by atoms with Gasteiger partial charge < -0.3 is 33.1 Å². The molecule has 0 aliphatic carbocycles. The fourth-order valence-electron chi connectivity index (χ4n) is 4.88. The Kier molecular flexibility index (Phi) is 9.63. The van der Waals surface area contributed by atoms with Gasteiger partial charge in [0.15, 0.2) is 4.90 Å². The fourth-order valence-corrected chi connectivity index (χ4v) is 5.90. The lowest BCUT2D eigenvalue weighted by atomic mass is 10.0. The summed E-state index contributed by atoms with van der Waals surface area (Å²) in [5, 5.41) is 0.0793. The Morgan fingerprint density at radius 1 is 1.05 bits per heavy atom. The molecule has 1 fully saturated rings. The van der Waals surface area contributed by atoms with Crippen LogP contribution >= 0.6 is 0 Å². The third kappa shape index (κ3) is 7.77. The number of amides is 1. The Bertz CT molecular complexity index is 1360. The summed E-state index contributed by atoms with van der Waals surface area (Å²) in [4.78, 5) is 15.1. The molecule has 0 radical (unpaired) electrons. The normalized spacial score (nSPS) is 18.4. The quantitative estimate of drug-likeness (QED) is 0.183. The maximum atomic E-state index is 12.6. The molecule has 1 amide bonds. The monoisotopic (exact) mass is 593 g/mol. The second-order valence-corrected chi connectivity index (χ2v) is 13.3. The highest BCUT2D eigenvalue weighted by Gasteiger charge is 2.34. The average Bonchev–Trinajstić information content (AvgIpc) is 3.35. The summed E-state index contributed by atoms with van der Waals surface area (Å²) in [6, 6.07) is 21.5. The molecule has 42 heavy (non-hydrogen) atoms. The van der Waals surface area contributed by atoms with E-state index in [0.717, 1.165) is 38.6 Å². The summed E-state index contributed by atoms with van der Waals surface area (Å²) in [5.41, 5.74) is 4.01. The lowest BCUT2D eigenvalue weighted by molar-refractivity contribution is -0.180. The molecule has 0 spiro atoms. The van der Waals surface area contributed by atoms with Crippen LogP contribution in [-0.4, -0.2) is 52.9 Å². The van der Waals surface area contributed by atoms with Gasteiger partial charge in [-0.25, -0.2) is 4.79 Å². The highest BCUT2D eigenvalue weighted by atomic mass is 32.2. The van der Waals surface area contributed by atoms with Gasteiger partial charge in [0.05, 0.1) is 26.4 Å². The van der Waals surface area contributed by atoms with Gasteiger partial charge in [-0.15, -0.1) is 0 Å². The number of hydrogen-bond acceptors (Lipinski definition) is 7. The van der Waals surface area contributed by atoms with Gasteiger partial charge in [-0.2, -0.15) is 0 Å². The van der Waals surface area contributed by atoms with Crippen molar-refractivity contribution in [2.75, 3.05) is 26.3 Å². The molecule has 2 heterocycles. The molecule has 0 saturated carbocycles. The predicted octanol–water partition coefficient (Wildman–Crippen LogP) is 6.18. The lowest BCUT2D eigenvalue weighted by Gasteiger charge is -2.32. The molecule has 2 atom stereocenters. The van der Waals surface area contributed by atoms with Crippen LogP contribution in [0.25, 0.3) is 0 Å². The third-order valence-corrected chi connectivity index (χ3v) is 8.77. The van der Waals surface area contributed by atoms with Crippen molar-refractivity contribution in [2.45, 2.75) is 69.4 Å². The van der Waals surface area contributed by atoms with Crippen LogP contribution in [0.4, 0.5) is 4.79 Å². The van der Waals surface area contributed by atoms with Gasteiger partial charge >= 0.3 is 6.09 Å². The van der Waals surface area contributed by atoms with Gasteiger partial charge in [0.1, 0.15) is 29.5 Å². The van der Waals surface area contributed by atoms with Crippen LogP contribution in [0.15, 0.2) is 71.6 Å². The van der Waals surface area contributed by atoms with E-state index in [4.69, 9.17) is 23.7 Å². The minimum Gasteiger partial charge on any atom is -0.611 e. The third-order valence-electron chi connectivity index (χ3n) is 7.19. The van der Waals surface area contributed by atoms with E-state index in [1.165, 1.54) is 0 Å². The van der Waals surface area contributed by atoms with Crippen LogP contribution in [0.1, 0.15) is 56.1 Å². The minimum absolute atomic E-state index is 0.0793. The van der Waals surface area contributed by atoms with Crippen LogP contribution in [0, 0.1) is 0 Å². The number of benzene rings is 3. The average molecular weight is 594 g/mol. The van der Waals surface area contributed by atoms with Gasteiger partial charge in [-0.3, -0.25) is 0 Å². The van der Waals surface area contributed by atoms with Gasteiger partial charge in [-0.05, 0) is 84.5 Å². The van der Waals surface area contributed by atoms with Gasteiger partial charge in [0.2, 0.25) is 5.79 Å². The standard InChI is InChI=1S/C33H39NO7S/c1-23(2)42(36)29-7-5-6-25(18-29)21-37-16-17-38-28-11-8-24(9-12-28)14-15-34-20-31(40-32(34)35)26-10-13-30-27(19-26)22-39-33(3,4)41-30/h5-13,18-19,23,31H,14-17,20-22H2,1-4H3/t31-,42?/m0/s1. The SMILES string of the molecule is CC(C)[S+]([O-])c1cccc(COCCOc2ccc(CCN3C[C@@H](c4ccc5c(c4)COC(C)(C)O5)OC3=O)cc2)c1. The van der Waals surface area contributed by atoms with E-state index in [2.05, 4.69) is 0 Å². The summed E-state index contributed by atoms with van der Waals surface area (Å²) >= 11 is -1.01. The molecule has 1 saturated heterocycles. The first kappa shape index (κ1) is 30.2. The van der Waals surface area contributed by atoms with E-state index >= 15 is 0 Å². The number of hydrogen-bond donors (Lipinski definition) is 0. The van der Waals surface area contributed by atoms with E-state index in [0.29, 0.717) is 45.9 Å². The first-order valence-electron chi connectivity index (χ1n) is 14.4. The largest absolute Gasteiger partial charge is 0.611 e. The Morgan fingerprint density at radius 2 is 1.86 bits per heavy atom. The molecule has 5 rings (SSSR count). The molecule has 0 aromatic heterocycles. The summed E-state index contributed by atoms with van der Waals surface area (Å²) in [6.45, 7) is 10.5. The summed E-state index contributed by atoms with van der Waals surface area (Å²) in [7, 11) is 0. The highest BCUT2D eigenvalue weighted by molar-refractivity contribution is 7.92. The van der Waals surface area contributed by atoms with Crippen molar-refractivity contribution in [3.05, 3.63) is 89.0 Å². The number of carbonyl (C=O) groups excluding carboxylic acids is 1. The molecule has 9 heteroatoms. The second-order valence-electron chi connectivity index (χ2n) is 11.3. The molecule has 0 bridgehead atoms. The first-order chi connectivity index (χ1) is 20.2. The molecule has 2 aliphatic heterocycles. The lowest BCUT2D eigenvalue weighted by Crippen LogP contribution is -2.35. The zero-order valence-corrected chi connectivity index (χ0v) is 25.5.